The molecule has 1 aliphatic heterocycles. The molecule has 1 heterocycles. The average Bonchev–Trinajstić information content (AvgIpc) is 2.74. The van der Waals surface area contributed by atoms with Crippen molar-refractivity contribution in [2.75, 3.05) is 34.3 Å². The van der Waals surface area contributed by atoms with E-state index < -0.39 is 0 Å². The van der Waals surface area contributed by atoms with E-state index in [2.05, 4.69) is 44.3 Å². The lowest BCUT2D eigenvalue weighted by Crippen LogP contribution is -2.45. The smallest absolute Gasteiger partial charge is 0.0782 e. The van der Waals surface area contributed by atoms with Gasteiger partial charge in [0.2, 0.25) is 0 Å². The standard InChI is InChI=1S/C18H36N2O/c1-7-15(2)18(19(4)5)17(21-6)14-16(3)20-12-10-8-9-11-13-20/h15,17-18H,3,7-14H2,1-2,4-6H3/t15-,17+,18-/m0/s1. The van der Waals surface area contributed by atoms with E-state index in [1.807, 2.05) is 7.11 Å². The molecule has 0 N–H and O–H groups in total. The summed E-state index contributed by atoms with van der Waals surface area (Å²) < 4.78 is 5.86. The Balaban J connectivity index is 2.67. The highest BCUT2D eigenvalue weighted by atomic mass is 16.5. The molecule has 0 unspecified atom stereocenters. The van der Waals surface area contributed by atoms with Crippen LogP contribution in [0.15, 0.2) is 12.3 Å². The highest BCUT2D eigenvalue weighted by Crippen LogP contribution is 2.24. The van der Waals surface area contributed by atoms with Gasteiger partial charge in [0.25, 0.3) is 0 Å². The lowest BCUT2D eigenvalue weighted by molar-refractivity contribution is 0.00549. The maximum Gasteiger partial charge on any atom is 0.0782 e. The fraction of sp³-hybridized carbons (Fsp3) is 0.889. The molecule has 1 rings (SSSR count). The summed E-state index contributed by atoms with van der Waals surface area (Å²) in [5.74, 6) is 0.627. The minimum atomic E-state index is 0.228. The minimum absolute atomic E-state index is 0.228. The zero-order chi connectivity index (χ0) is 15.8. The van der Waals surface area contributed by atoms with Gasteiger partial charge < -0.3 is 14.5 Å². The summed E-state index contributed by atoms with van der Waals surface area (Å²) in [6, 6.07) is 0.448. The third kappa shape index (κ3) is 5.63. The maximum atomic E-state index is 5.86. The van der Waals surface area contributed by atoms with Gasteiger partial charge in [0.05, 0.1) is 6.10 Å². The summed E-state index contributed by atoms with van der Waals surface area (Å²) in [6.45, 7) is 11.3. The van der Waals surface area contributed by atoms with E-state index in [0.29, 0.717) is 12.0 Å². The number of nitrogens with zero attached hydrogens (tertiary/aromatic N) is 2. The van der Waals surface area contributed by atoms with Gasteiger partial charge >= 0.3 is 0 Å². The quantitative estimate of drug-likeness (QED) is 0.678. The molecule has 124 valence electrons. The Bertz CT molecular complexity index is 296. The zero-order valence-electron chi connectivity index (χ0n) is 14.9. The van der Waals surface area contributed by atoms with E-state index in [-0.39, 0.29) is 6.10 Å². The predicted molar refractivity (Wildman–Crippen MR) is 91.5 cm³/mol. The summed E-state index contributed by atoms with van der Waals surface area (Å²) >= 11 is 0. The summed E-state index contributed by atoms with van der Waals surface area (Å²) in [7, 11) is 6.17. The fourth-order valence-electron chi connectivity index (χ4n) is 3.54. The number of likely N-dealkylation sites (tertiary alicyclic amines) is 1. The van der Waals surface area contributed by atoms with E-state index in [1.54, 1.807) is 0 Å². The van der Waals surface area contributed by atoms with Crippen molar-refractivity contribution >= 4 is 0 Å². The van der Waals surface area contributed by atoms with Gasteiger partial charge in [-0.3, -0.25) is 0 Å². The number of rotatable bonds is 8. The topological polar surface area (TPSA) is 15.7 Å². The van der Waals surface area contributed by atoms with Crippen molar-refractivity contribution < 1.29 is 4.74 Å². The molecule has 0 aromatic rings. The first-order valence-electron chi connectivity index (χ1n) is 8.63. The molecule has 3 atom stereocenters. The highest BCUT2D eigenvalue weighted by Gasteiger charge is 2.29. The number of hydrogen-bond donors (Lipinski definition) is 0. The van der Waals surface area contributed by atoms with Crippen molar-refractivity contribution in [3.63, 3.8) is 0 Å². The summed E-state index contributed by atoms with van der Waals surface area (Å²) in [4.78, 5) is 4.81. The highest BCUT2D eigenvalue weighted by molar-refractivity contribution is 5.00. The molecule has 0 bridgehead atoms. The number of likely N-dealkylation sites (N-methyl/N-ethyl adjacent to an activating group) is 1. The van der Waals surface area contributed by atoms with Gasteiger partial charge in [-0.1, -0.05) is 39.7 Å². The van der Waals surface area contributed by atoms with Crippen molar-refractivity contribution in [3.8, 4) is 0 Å². The molecule has 1 aliphatic rings. The summed E-state index contributed by atoms with van der Waals surface area (Å²) in [5.41, 5.74) is 1.26. The Morgan fingerprint density at radius 3 is 2.19 bits per heavy atom. The van der Waals surface area contributed by atoms with Crippen molar-refractivity contribution in [1.82, 2.24) is 9.80 Å². The summed E-state index contributed by atoms with van der Waals surface area (Å²) in [5, 5.41) is 0. The molecule has 0 aromatic heterocycles. The van der Waals surface area contributed by atoms with Crippen LogP contribution in [-0.2, 0) is 4.74 Å². The molecule has 0 radical (unpaired) electrons. The fourth-order valence-corrected chi connectivity index (χ4v) is 3.54. The van der Waals surface area contributed by atoms with Crippen LogP contribution < -0.4 is 0 Å². The molecule has 21 heavy (non-hydrogen) atoms. The van der Waals surface area contributed by atoms with Crippen LogP contribution in [0.4, 0.5) is 0 Å². The Morgan fingerprint density at radius 1 is 1.19 bits per heavy atom. The van der Waals surface area contributed by atoms with Gasteiger partial charge in [0, 0.05) is 38.4 Å². The van der Waals surface area contributed by atoms with E-state index in [0.717, 1.165) is 6.42 Å². The van der Waals surface area contributed by atoms with Crippen LogP contribution in [0.2, 0.25) is 0 Å². The molecule has 1 fully saturated rings. The first-order valence-corrected chi connectivity index (χ1v) is 8.63. The zero-order valence-corrected chi connectivity index (χ0v) is 14.9. The molecule has 0 aliphatic carbocycles. The minimum Gasteiger partial charge on any atom is -0.379 e. The molecule has 1 saturated heterocycles. The van der Waals surface area contributed by atoms with Crippen LogP contribution in [0.3, 0.4) is 0 Å². The van der Waals surface area contributed by atoms with Crippen molar-refractivity contribution in [3.05, 3.63) is 12.3 Å². The van der Waals surface area contributed by atoms with Gasteiger partial charge in [0.1, 0.15) is 0 Å². The monoisotopic (exact) mass is 296 g/mol. The van der Waals surface area contributed by atoms with E-state index in [1.165, 1.54) is 50.9 Å². The first kappa shape index (κ1) is 18.5. The second-order valence-electron chi connectivity index (χ2n) is 6.79. The molecule has 3 heteroatoms. The number of hydrogen-bond acceptors (Lipinski definition) is 3. The predicted octanol–water partition coefficient (Wildman–Crippen LogP) is 3.76. The van der Waals surface area contributed by atoms with Crippen LogP contribution in [0.1, 0.15) is 52.4 Å². The van der Waals surface area contributed by atoms with Crippen molar-refractivity contribution in [2.24, 2.45) is 5.92 Å². The molecule has 0 saturated carbocycles. The van der Waals surface area contributed by atoms with Gasteiger partial charge in [-0.2, -0.15) is 0 Å². The van der Waals surface area contributed by atoms with Crippen LogP contribution in [0, 0.1) is 5.92 Å². The average molecular weight is 296 g/mol. The van der Waals surface area contributed by atoms with Gasteiger partial charge in [0.15, 0.2) is 0 Å². The maximum absolute atomic E-state index is 5.86. The second-order valence-corrected chi connectivity index (χ2v) is 6.79. The van der Waals surface area contributed by atoms with Gasteiger partial charge in [-0.05, 0) is 32.9 Å². The Kier molecular flexibility index (Phi) is 8.35. The van der Waals surface area contributed by atoms with E-state index in [4.69, 9.17) is 4.74 Å². The van der Waals surface area contributed by atoms with E-state index in [9.17, 15) is 0 Å². The third-order valence-corrected chi connectivity index (χ3v) is 5.00. The van der Waals surface area contributed by atoms with Crippen LogP contribution in [-0.4, -0.2) is 56.2 Å². The molecular formula is C18H36N2O. The Hall–Kier alpha value is -0.540. The van der Waals surface area contributed by atoms with Gasteiger partial charge in [-0.15, -0.1) is 0 Å². The molecule has 3 nitrogen and oxygen atoms in total. The number of methoxy groups -OCH3 is 1. The van der Waals surface area contributed by atoms with Crippen molar-refractivity contribution in [1.29, 1.82) is 0 Å². The SMILES string of the molecule is C=C(C[C@@H](OC)[C@H]([C@@H](C)CC)N(C)C)N1CCCCCC1. The third-order valence-electron chi connectivity index (χ3n) is 5.00. The molecular weight excluding hydrogens is 260 g/mol. The van der Waals surface area contributed by atoms with Crippen molar-refractivity contribution in [2.45, 2.75) is 64.5 Å². The Labute approximate surface area is 132 Å². The lowest BCUT2D eigenvalue weighted by atomic mass is 9.91. The van der Waals surface area contributed by atoms with Gasteiger partial charge in [-0.25, -0.2) is 0 Å². The first-order chi connectivity index (χ1) is 10.0. The summed E-state index contributed by atoms with van der Waals surface area (Å²) in [6.07, 6.45) is 7.70. The molecule has 0 amide bonds. The molecule has 0 spiro atoms. The normalized spacial score (nSPS) is 21.0. The van der Waals surface area contributed by atoms with E-state index >= 15 is 0 Å². The van der Waals surface area contributed by atoms with Crippen LogP contribution >= 0.6 is 0 Å². The Morgan fingerprint density at radius 2 is 1.76 bits per heavy atom. The largest absolute Gasteiger partial charge is 0.379 e. The van der Waals surface area contributed by atoms with Crippen LogP contribution in [0.5, 0.6) is 0 Å². The van der Waals surface area contributed by atoms with Crippen LogP contribution in [0.25, 0.3) is 0 Å². The lowest BCUT2D eigenvalue weighted by Gasteiger charge is -2.37. The second kappa shape index (κ2) is 9.47. The molecule has 0 aromatic carbocycles. The number of ether oxygens (including phenoxy) is 1.